The molecule has 54 valence electrons. The molecule has 0 aliphatic carbocycles. The lowest BCUT2D eigenvalue weighted by Gasteiger charge is -2.20. The third-order valence-corrected chi connectivity index (χ3v) is 1.52. The quantitative estimate of drug-likeness (QED) is 0.392. The minimum atomic E-state index is -1.42. The van der Waals surface area contributed by atoms with E-state index >= 15 is 0 Å². The van der Waals surface area contributed by atoms with E-state index in [-0.39, 0.29) is 13.2 Å². The average molecular weight is 134 g/mol. The molecule has 0 bridgehead atoms. The Morgan fingerprint density at radius 3 is 2.56 bits per heavy atom. The van der Waals surface area contributed by atoms with Gasteiger partial charge in [-0.15, -0.1) is 0 Å². The van der Waals surface area contributed by atoms with Crippen LogP contribution >= 0.6 is 0 Å². The van der Waals surface area contributed by atoms with E-state index in [9.17, 15) is 0 Å². The van der Waals surface area contributed by atoms with Crippen molar-refractivity contribution in [3.05, 3.63) is 0 Å². The molecule has 1 aliphatic heterocycles. The molecular weight excluding hydrogens is 124 g/mol. The van der Waals surface area contributed by atoms with E-state index in [0.29, 0.717) is 0 Å². The van der Waals surface area contributed by atoms with Crippen LogP contribution in [0.5, 0.6) is 0 Å². The molecule has 0 radical (unpaired) electrons. The van der Waals surface area contributed by atoms with Crippen molar-refractivity contribution in [1.82, 2.24) is 0 Å². The van der Waals surface area contributed by atoms with Crippen molar-refractivity contribution in [2.75, 3.05) is 19.8 Å². The monoisotopic (exact) mass is 134 g/mol. The maximum Gasteiger partial charge on any atom is 0.139 e. The molecule has 9 heavy (non-hydrogen) atoms. The van der Waals surface area contributed by atoms with Crippen molar-refractivity contribution in [2.45, 2.75) is 11.7 Å². The molecule has 2 atom stereocenters. The lowest BCUT2D eigenvalue weighted by molar-refractivity contribution is -0.0770. The zero-order valence-electron chi connectivity index (χ0n) is 4.95. The smallest absolute Gasteiger partial charge is 0.139 e. The molecule has 0 aromatic carbocycles. The molecule has 0 spiro atoms. The zero-order valence-corrected chi connectivity index (χ0v) is 4.95. The van der Waals surface area contributed by atoms with E-state index in [4.69, 9.17) is 20.1 Å². The Morgan fingerprint density at radius 2 is 2.33 bits per heavy atom. The van der Waals surface area contributed by atoms with Crippen molar-refractivity contribution < 1.29 is 20.1 Å². The van der Waals surface area contributed by atoms with Gasteiger partial charge in [0, 0.05) is 0 Å². The van der Waals surface area contributed by atoms with Gasteiger partial charge >= 0.3 is 0 Å². The summed E-state index contributed by atoms with van der Waals surface area (Å²) in [6.07, 6.45) is -0.942. The Hall–Kier alpha value is -0.160. The highest BCUT2D eigenvalue weighted by atomic mass is 16.5. The fourth-order valence-corrected chi connectivity index (χ4v) is 0.750. The van der Waals surface area contributed by atoms with E-state index in [1.165, 1.54) is 0 Å². The SMILES string of the molecule is OCC1(O)COCC1O. The van der Waals surface area contributed by atoms with Crippen molar-refractivity contribution in [1.29, 1.82) is 0 Å². The van der Waals surface area contributed by atoms with Crippen LogP contribution < -0.4 is 0 Å². The predicted octanol–water partition coefficient (Wildman–Crippen LogP) is -1.90. The van der Waals surface area contributed by atoms with E-state index in [2.05, 4.69) is 0 Å². The highest BCUT2D eigenvalue weighted by molar-refractivity contribution is 4.90. The van der Waals surface area contributed by atoms with Crippen LogP contribution in [-0.2, 0) is 4.74 Å². The molecule has 4 heteroatoms. The first-order valence-corrected chi connectivity index (χ1v) is 2.78. The summed E-state index contributed by atoms with van der Waals surface area (Å²) in [4.78, 5) is 0. The second kappa shape index (κ2) is 2.22. The molecule has 1 aliphatic rings. The first kappa shape index (κ1) is 6.95. The van der Waals surface area contributed by atoms with Gasteiger partial charge in [-0.05, 0) is 0 Å². The number of hydrogen-bond donors (Lipinski definition) is 3. The molecule has 0 aromatic heterocycles. The number of aliphatic hydroxyl groups is 3. The zero-order chi connectivity index (χ0) is 6.91. The highest BCUT2D eigenvalue weighted by Gasteiger charge is 2.40. The van der Waals surface area contributed by atoms with Crippen molar-refractivity contribution in [2.24, 2.45) is 0 Å². The fraction of sp³-hybridized carbons (Fsp3) is 1.00. The normalized spacial score (nSPS) is 43.7. The summed E-state index contributed by atoms with van der Waals surface area (Å²) in [5.41, 5.74) is -1.42. The Kier molecular flexibility index (Phi) is 1.72. The summed E-state index contributed by atoms with van der Waals surface area (Å²) in [5, 5.41) is 26.6. The standard InChI is InChI=1S/C5H10O4/c6-2-5(8)3-9-1-4(5)7/h4,6-8H,1-3H2. The lowest BCUT2D eigenvalue weighted by Crippen LogP contribution is -2.44. The summed E-state index contributed by atoms with van der Waals surface area (Å²) >= 11 is 0. The summed E-state index contributed by atoms with van der Waals surface area (Å²) in [5.74, 6) is 0. The Labute approximate surface area is 52.7 Å². The predicted molar refractivity (Wildman–Crippen MR) is 28.9 cm³/mol. The van der Waals surface area contributed by atoms with Gasteiger partial charge in [-0.3, -0.25) is 0 Å². The minimum absolute atomic E-state index is 0.0185. The summed E-state index contributed by atoms with van der Waals surface area (Å²) in [6, 6.07) is 0. The van der Waals surface area contributed by atoms with Crippen molar-refractivity contribution in [3.63, 3.8) is 0 Å². The van der Waals surface area contributed by atoms with Crippen LogP contribution in [0.15, 0.2) is 0 Å². The van der Waals surface area contributed by atoms with Crippen LogP contribution in [0, 0.1) is 0 Å². The molecular formula is C5H10O4. The van der Waals surface area contributed by atoms with Crippen LogP contribution in [0.1, 0.15) is 0 Å². The van der Waals surface area contributed by atoms with E-state index in [1.807, 2.05) is 0 Å². The van der Waals surface area contributed by atoms with Gasteiger partial charge in [-0.25, -0.2) is 0 Å². The highest BCUT2D eigenvalue weighted by Crippen LogP contribution is 2.17. The Bertz CT molecular complexity index is 105. The molecule has 3 N–H and O–H groups in total. The van der Waals surface area contributed by atoms with Gasteiger partial charge in [0.2, 0.25) is 0 Å². The van der Waals surface area contributed by atoms with E-state index in [0.717, 1.165) is 0 Å². The van der Waals surface area contributed by atoms with Gasteiger partial charge in [0.05, 0.1) is 19.8 Å². The van der Waals surface area contributed by atoms with Gasteiger partial charge in [-0.2, -0.15) is 0 Å². The Balaban J connectivity index is 2.56. The maximum absolute atomic E-state index is 9.14. The molecule has 1 heterocycles. The molecule has 2 unspecified atom stereocenters. The number of rotatable bonds is 1. The van der Waals surface area contributed by atoms with Crippen LogP contribution in [0.25, 0.3) is 0 Å². The second-order valence-electron chi connectivity index (χ2n) is 2.29. The largest absolute Gasteiger partial charge is 0.393 e. The van der Waals surface area contributed by atoms with Gasteiger partial charge in [0.25, 0.3) is 0 Å². The molecule has 1 fully saturated rings. The lowest BCUT2D eigenvalue weighted by atomic mass is 10.0. The number of ether oxygens (including phenoxy) is 1. The molecule has 0 saturated carbocycles. The third kappa shape index (κ3) is 1.07. The van der Waals surface area contributed by atoms with Crippen LogP contribution in [0.2, 0.25) is 0 Å². The Morgan fingerprint density at radius 1 is 1.67 bits per heavy atom. The summed E-state index contributed by atoms with van der Waals surface area (Å²) in [6.45, 7) is -0.324. The number of hydrogen-bond acceptors (Lipinski definition) is 4. The average Bonchev–Trinajstić information content (AvgIpc) is 2.15. The van der Waals surface area contributed by atoms with Gasteiger partial charge in [0.15, 0.2) is 0 Å². The molecule has 4 nitrogen and oxygen atoms in total. The van der Waals surface area contributed by atoms with Gasteiger partial charge in [0.1, 0.15) is 11.7 Å². The van der Waals surface area contributed by atoms with Gasteiger partial charge in [-0.1, -0.05) is 0 Å². The van der Waals surface area contributed by atoms with Gasteiger partial charge < -0.3 is 20.1 Å². The second-order valence-corrected chi connectivity index (χ2v) is 2.29. The molecule has 1 saturated heterocycles. The van der Waals surface area contributed by atoms with Crippen LogP contribution in [0.3, 0.4) is 0 Å². The topological polar surface area (TPSA) is 69.9 Å². The van der Waals surface area contributed by atoms with Crippen LogP contribution in [-0.4, -0.2) is 46.8 Å². The maximum atomic E-state index is 9.14. The molecule has 0 aromatic rings. The van der Waals surface area contributed by atoms with Crippen molar-refractivity contribution >= 4 is 0 Å². The summed E-state index contributed by atoms with van der Waals surface area (Å²) in [7, 11) is 0. The fourth-order valence-electron chi connectivity index (χ4n) is 0.750. The third-order valence-electron chi connectivity index (χ3n) is 1.52. The molecule has 1 rings (SSSR count). The first-order chi connectivity index (χ1) is 4.19. The minimum Gasteiger partial charge on any atom is -0.393 e. The number of aliphatic hydroxyl groups excluding tert-OH is 2. The summed E-state index contributed by atoms with van der Waals surface area (Å²) < 4.78 is 4.70. The van der Waals surface area contributed by atoms with Crippen molar-refractivity contribution in [3.8, 4) is 0 Å². The molecule has 0 amide bonds. The van der Waals surface area contributed by atoms with E-state index in [1.54, 1.807) is 0 Å². The van der Waals surface area contributed by atoms with Crippen LogP contribution in [0.4, 0.5) is 0 Å². The first-order valence-electron chi connectivity index (χ1n) is 2.78. The van der Waals surface area contributed by atoms with E-state index < -0.39 is 18.3 Å².